The lowest BCUT2D eigenvalue weighted by atomic mass is 9.84. The van der Waals surface area contributed by atoms with Crippen molar-refractivity contribution in [2.24, 2.45) is 11.1 Å². The molecule has 0 radical (unpaired) electrons. The number of hydrogen-bond donors (Lipinski definition) is 2. The van der Waals surface area contributed by atoms with Crippen LogP contribution < -0.4 is 9.86 Å². The van der Waals surface area contributed by atoms with Gasteiger partial charge in [0.25, 0.3) is 10.2 Å². The Morgan fingerprint density at radius 2 is 2.00 bits per heavy atom. The molecule has 0 bridgehead atoms. The van der Waals surface area contributed by atoms with Crippen LogP contribution in [0.25, 0.3) is 0 Å². The van der Waals surface area contributed by atoms with E-state index in [9.17, 15) is 13.2 Å². The summed E-state index contributed by atoms with van der Waals surface area (Å²) in [4.78, 5) is 16.6. The third-order valence-electron chi connectivity index (χ3n) is 4.99. The zero-order chi connectivity index (χ0) is 21.5. The lowest BCUT2D eigenvalue weighted by Crippen LogP contribution is -2.30. The Bertz CT molecular complexity index is 751. The molecule has 1 aromatic heterocycles. The first-order valence-electron chi connectivity index (χ1n) is 10.3. The van der Waals surface area contributed by atoms with Gasteiger partial charge in [-0.1, -0.05) is 50.1 Å². The van der Waals surface area contributed by atoms with E-state index in [1.807, 2.05) is 20.8 Å². The van der Waals surface area contributed by atoms with Gasteiger partial charge in [-0.15, -0.1) is 0 Å². The third-order valence-corrected chi connectivity index (χ3v) is 5.53. The number of nitrogens with zero attached hydrogens (tertiary/aromatic N) is 2. The fraction of sp³-hybridized carbons (Fsp3) is 0.842. The van der Waals surface area contributed by atoms with E-state index in [4.69, 9.17) is 14.4 Å². The molecule has 0 amide bonds. The monoisotopic (exact) mass is 430 g/mol. The van der Waals surface area contributed by atoms with E-state index in [1.165, 1.54) is 32.1 Å². The second kappa shape index (κ2) is 10.5. The Labute approximate surface area is 173 Å². The van der Waals surface area contributed by atoms with Crippen molar-refractivity contribution in [3.8, 4) is 0 Å². The molecule has 9 nitrogen and oxygen atoms in total. The first-order chi connectivity index (χ1) is 13.5. The molecule has 1 aliphatic carbocycles. The van der Waals surface area contributed by atoms with E-state index >= 15 is 0 Å². The molecule has 0 saturated heterocycles. The number of nitrogens with two attached hydrogens (primary N) is 1. The summed E-state index contributed by atoms with van der Waals surface area (Å²) in [6.45, 7) is 5.32. The molecule has 0 unspecified atom stereocenters. The van der Waals surface area contributed by atoms with Crippen LogP contribution in [0.3, 0.4) is 0 Å². The van der Waals surface area contributed by atoms with E-state index < -0.39 is 15.8 Å². The molecular weight excluding hydrogens is 396 g/mol. The molecular formula is C19H34N4O5S. The summed E-state index contributed by atoms with van der Waals surface area (Å²) in [5.74, 6) is 0.677. The van der Waals surface area contributed by atoms with Gasteiger partial charge in [0.1, 0.15) is 5.60 Å². The summed E-state index contributed by atoms with van der Waals surface area (Å²) in [6.07, 6.45) is 9.46. The van der Waals surface area contributed by atoms with Crippen LogP contribution in [0.5, 0.6) is 0 Å². The number of carbonyl (C=O) groups is 1. The van der Waals surface area contributed by atoms with Crippen LogP contribution in [0.1, 0.15) is 96.2 Å². The molecule has 1 heterocycles. The van der Waals surface area contributed by atoms with Gasteiger partial charge in [-0.2, -0.15) is 18.1 Å². The maximum absolute atomic E-state index is 12.4. The van der Waals surface area contributed by atoms with Gasteiger partial charge < -0.3 is 9.26 Å². The fourth-order valence-electron chi connectivity index (χ4n) is 3.70. The molecule has 0 aromatic carbocycles. The van der Waals surface area contributed by atoms with Crippen molar-refractivity contribution in [2.45, 2.75) is 96.6 Å². The van der Waals surface area contributed by atoms with Crippen LogP contribution in [-0.4, -0.2) is 30.1 Å². The Morgan fingerprint density at radius 3 is 2.62 bits per heavy atom. The Balaban J connectivity index is 1.99. The minimum atomic E-state index is -3.85. The molecule has 1 fully saturated rings. The predicted octanol–water partition coefficient (Wildman–Crippen LogP) is 2.93. The van der Waals surface area contributed by atoms with Gasteiger partial charge >= 0.3 is 5.97 Å². The largest absolute Gasteiger partial charge is 0.460 e. The lowest BCUT2D eigenvalue weighted by Gasteiger charge is -2.23. The van der Waals surface area contributed by atoms with Gasteiger partial charge in [0.05, 0.1) is 13.0 Å². The Morgan fingerprint density at radius 1 is 1.31 bits per heavy atom. The highest BCUT2D eigenvalue weighted by Crippen LogP contribution is 2.31. The molecule has 1 aromatic rings. The second-order valence-corrected chi connectivity index (χ2v) is 10.2. The average molecular weight is 431 g/mol. The highest BCUT2D eigenvalue weighted by atomic mass is 32.2. The van der Waals surface area contributed by atoms with Gasteiger partial charge in [-0.05, 0) is 33.1 Å². The zero-order valence-corrected chi connectivity index (χ0v) is 18.5. The molecule has 29 heavy (non-hydrogen) atoms. The van der Waals surface area contributed by atoms with Gasteiger partial charge in [-0.25, -0.2) is 5.14 Å². The van der Waals surface area contributed by atoms with Crippen molar-refractivity contribution in [3.63, 3.8) is 0 Å². The molecule has 0 aliphatic heterocycles. The van der Waals surface area contributed by atoms with Crippen molar-refractivity contribution in [2.75, 3.05) is 0 Å². The molecule has 1 atom stereocenters. The summed E-state index contributed by atoms with van der Waals surface area (Å²) in [7, 11) is -3.85. The first-order valence-corrected chi connectivity index (χ1v) is 11.9. The van der Waals surface area contributed by atoms with Crippen LogP contribution in [0, 0.1) is 5.92 Å². The maximum atomic E-state index is 12.4. The van der Waals surface area contributed by atoms with Crippen molar-refractivity contribution >= 4 is 16.2 Å². The van der Waals surface area contributed by atoms with Gasteiger partial charge in [-0.3, -0.25) is 4.79 Å². The van der Waals surface area contributed by atoms with Crippen LogP contribution in [0.15, 0.2) is 4.52 Å². The summed E-state index contributed by atoms with van der Waals surface area (Å²) in [5, 5.41) is 8.72. The number of carbonyl (C=O) groups excluding carboxylic acids is 1. The molecule has 2 rings (SSSR count). The third kappa shape index (κ3) is 9.68. The second-order valence-electron chi connectivity index (χ2n) is 8.84. The average Bonchev–Trinajstić information content (AvgIpc) is 3.07. The normalized spacial score (nSPS) is 17.2. The number of esters is 1. The summed E-state index contributed by atoms with van der Waals surface area (Å²) < 4.78 is 35.0. The minimum absolute atomic E-state index is 0.145. The van der Waals surface area contributed by atoms with Crippen LogP contribution in [0.4, 0.5) is 0 Å². The highest BCUT2D eigenvalue weighted by Gasteiger charge is 2.26. The number of aromatic nitrogens is 2. The topological polar surface area (TPSA) is 137 Å². The molecule has 0 spiro atoms. The van der Waals surface area contributed by atoms with Crippen molar-refractivity contribution < 1.29 is 22.5 Å². The quantitative estimate of drug-likeness (QED) is 0.544. The summed E-state index contributed by atoms with van der Waals surface area (Å²) >= 11 is 0. The molecule has 10 heteroatoms. The van der Waals surface area contributed by atoms with Gasteiger partial charge in [0.2, 0.25) is 5.89 Å². The van der Waals surface area contributed by atoms with E-state index in [0.717, 1.165) is 25.2 Å². The smallest absolute Gasteiger partial charge is 0.307 e. The van der Waals surface area contributed by atoms with Crippen LogP contribution in [0.2, 0.25) is 0 Å². The van der Waals surface area contributed by atoms with Gasteiger partial charge in [0, 0.05) is 5.92 Å². The molecule has 3 N–H and O–H groups in total. The van der Waals surface area contributed by atoms with E-state index in [1.54, 1.807) is 0 Å². The molecule has 1 saturated carbocycles. The molecule has 1 aliphatic rings. The minimum Gasteiger partial charge on any atom is -0.460 e. The van der Waals surface area contributed by atoms with Crippen molar-refractivity contribution in [1.29, 1.82) is 0 Å². The van der Waals surface area contributed by atoms with E-state index in [-0.39, 0.29) is 30.7 Å². The SMILES string of the molecule is CC(C)(C)OC(=O)C[C@@H](CCCC1CCCCC1)c1nc(CNS(N)(=O)=O)no1. The van der Waals surface area contributed by atoms with E-state index in [2.05, 4.69) is 14.9 Å². The highest BCUT2D eigenvalue weighted by molar-refractivity contribution is 7.87. The number of nitrogens with one attached hydrogen (secondary N) is 1. The molecule has 166 valence electrons. The van der Waals surface area contributed by atoms with Crippen LogP contribution >= 0.6 is 0 Å². The van der Waals surface area contributed by atoms with Crippen LogP contribution in [-0.2, 0) is 26.3 Å². The summed E-state index contributed by atoms with van der Waals surface area (Å²) in [6, 6.07) is 0. The standard InChI is InChI=1S/C19H34N4O5S/c1-19(2,3)27-17(24)12-15(11-7-10-14-8-5-4-6-9-14)18-22-16(23-28-18)13-21-29(20,25)26/h14-15,21H,4-13H2,1-3H3,(H2,20,25,26)/t15-/m1/s1. The Hall–Kier alpha value is -1.52. The number of hydrogen-bond acceptors (Lipinski definition) is 7. The maximum Gasteiger partial charge on any atom is 0.307 e. The first kappa shape index (κ1) is 23.8. The lowest BCUT2D eigenvalue weighted by molar-refractivity contribution is -0.155. The van der Waals surface area contributed by atoms with Crippen molar-refractivity contribution in [1.82, 2.24) is 14.9 Å². The fourth-order valence-corrected chi connectivity index (χ4v) is 4.03. The Kier molecular flexibility index (Phi) is 8.59. The predicted molar refractivity (Wildman–Crippen MR) is 108 cm³/mol. The zero-order valence-electron chi connectivity index (χ0n) is 17.6. The number of rotatable bonds is 10. The van der Waals surface area contributed by atoms with E-state index in [0.29, 0.717) is 5.89 Å². The van der Waals surface area contributed by atoms with Gasteiger partial charge in [0.15, 0.2) is 5.82 Å². The summed E-state index contributed by atoms with van der Waals surface area (Å²) in [5.41, 5.74) is -0.566. The number of ether oxygens (including phenoxy) is 1. The van der Waals surface area contributed by atoms with Crippen molar-refractivity contribution in [3.05, 3.63) is 11.7 Å².